The van der Waals surface area contributed by atoms with Crippen molar-refractivity contribution in [1.29, 1.82) is 0 Å². The molecule has 1 fully saturated rings. The number of hydrogen-bond acceptors (Lipinski definition) is 9. The highest BCUT2D eigenvalue weighted by molar-refractivity contribution is 7.13. The van der Waals surface area contributed by atoms with E-state index in [2.05, 4.69) is 21.7 Å². The number of nitrogens with one attached hydrogen (secondary N) is 2. The number of thiazole rings is 1. The minimum Gasteiger partial charge on any atom is -0.391 e. The predicted molar refractivity (Wildman–Crippen MR) is 215 cm³/mol. The first-order chi connectivity index (χ1) is 26.1. The Bertz CT molecular complexity index is 1970. The van der Waals surface area contributed by atoms with Crippen LogP contribution in [0, 0.1) is 12.3 Å². The quantitative estimate of drug-likeness (QED) is 0.110. The van der Waals surface area contributed by atoms with Crippen LogP contribution in [0.4, 0.5) is 0 Å². The van der Waals surface area contributed by atoms with Gasteiger partial charge in [-0.1, -0.05) is 75.4 Å². The summed E-state index contributed by atoms with van der Waals surface area (Å²) >= 11 is 1.58. The number of β-amino-alcohol motifs (C(OH)–C–C–N with tert-alkyl or cyclic N) is 1. The zero-order valence-electron chi connectivity index (χ0n) is 32.3. The molecule has 1 aromatic heterocycles. The molecule has 0 unspecified atom stereocenters. The van der Waals surface area contributed by atoms with Crippen molar-refractivity contribution in [3.05, 3.63) is 88.6 Å². The van der Waals surface area contributed by atoms with Crippen LogP contribution in [0.2, 0.25) is 0 Å². The molecule has 0 aliphatic carbocycles. The smallest absolute Gasteiger partial charge is 0.246 e. The number of primary amides is 1. The number of nitrogens with zero attached hydrogens (tertiary/aromatic N) is 2. The average molecular weight is 771 g/mol. The molecule has 0 saturated carbocycles. The van der Waals surface area contributed by atoms with E-state index in [1.54, 1.807) is 11.3 Å². The lowest BCUT2D eigenvalue weighted by Gasteiger charge is -2.35. The van der Waals surface area contributed by atoms with Crippen molar-refractivity contribution in [1.82, 2.24) is 20.5 Å². The van der Waals surface area contributed by atoms with Gasteiger partial charge in [0.2, 0.25) is 23.6 Å². The molecule has 4 amide bonds. The summed E-state index contributed by atoms with van der Waals surface area (Å²) in [5.41, 5.74) is 17.4. The first kappa shape index (κ1) is 41.5. The fourth-order valence-corrected chi connectivity index (χ4v) is 7.57. The summed E-state index contributed by atoms with van der Waals surface area (Å²) in [5, 5.41) is 18.5. The average Bonchev–Trinajstić information content (AvgIpc) is 3.77. The molecule has 3 aromatic carbocycles. The Labute approximate surface area is 327 Å². The normalized spacial score (nSPS) is 17.5. The van der Waals surface area contributed by atoms with Crippen molar-refractivity contribution in [2.75, 3.05) is 6.54 Å². The molecular weight excluding hydrogens is 717 g/mol. The Hall–Kier alpha value is -4.69. The molecule has 0 radical (unpaired) electrons. The first-order valence-electron chi connectivity index (χ1n) is 18.8. The highest BCUT2D eigenvalue weighted by Gasteiger charge is 2.44. The van der Waals surface area contributed by atoms with E-state index < -0.39 is 29.5 Å². The lowest BCUT2D eigenvalue weighted by atomic mass is 9.85. The van der Waals surface area contributed by atoms with Gasteiger partial charge in [-0.05, 0) is 71.2 Å². The number of carbonyl (C=O) groups excluding carboxylic acids is 4. The number of benzene rings is 3. The second-order valence-corrected chi connectivity index (χ2v) is 16.5. The lowest BCUT2D eigenvalue weighted by molar-refractivity contribution is -0.144. The molecule has 55 heavy (non-hydrogen) atoms. The van der Waals surface area contributed by atoms with E-state index in [4.69, 9.17) is 16.2 Å². The highest BCUT2D eigenvalue weighted by atomic mass is 32.1. The van der Waals surface area contributed by atoms with E-state index in [0.29, 0.717) is 19.4 Å². The number of rotatable bonds is 16. The molecule has 7 N–H and O–H groups in total. The van der Waals surface area contributed by atoms with Gasteiger partial charge >= 0.3 is 0 Å². The predicted octanol–water partition coefficient (Wildman–Crippen LogP) is 4.51. The van der Waals surface area contributed by atoms with E-state index in [1.807, 2.05) is 94.7 Å². The highest BCUT2D eigenvalue weighted by Crippen LogP contribution is 2.29. The second-order valence-electron chi connectivity index (χ2n) is 15.6. The third-order valence-corrected chi connectivity index (χ3v) is 11.1. The lowest BCUT2D eigenvalue weighted by Crippen LogP contribution is -2.57. The molecule has 4 aromatic rings. The summed E-state index contributed by atoms with van der Waals surface area (Å²) in [6.07, 6.45) is 0.357. The number of hydrogen-bond donors (Lipinski definition) is 5. The van der Waals surface area contributed by atoms with Crippen molar-refractivity contribution in [3.63, 3.8) is 0 Å². The van der Waals surface area contributed by atoms with Gasteiger partial charge < -0.3 is 36.8 Å². The number of aromatic nitrogens is 1. The van der Waals surface area contributed by atoms with Crippen molar-refractivity contribution >= 4 is 45.7 Å². The van der Waals surface area contributed by atoms with Crippen LogP contribution >= 0.6 is 11.3 Å². The van der Waals surface area contributed by atoms with E-state index in [1.165, 1.54) is 4.90 Å². The van der Waals surface area contributed by atoms with Gasteiger partial charge in [0.1, 0.15) is 12.1 Å². The summed E-state index contributed by atoms with van der Waals surface area (Å²) < 4.78 is 5.95. The number of aryl methyl sites for hydroxylation is 2. The van der Waals surface area contributed by atoms with Crippen molar-refractivity contribution in [2.24, 2.45) is 16.9 Å². The number of nitrogens with two attached hydrogens (primary N) is 2. The number of aliphatic hydroxyl groups excluding tert-OH is 1. The Morgan fingerprint density at radius 2 is 1.65 bits per heavy atom. The summed E-state index contributed by atoms with van der Waals surface area (Å²) in [6.45, 7) is 10.1. The molecule has 13 heteroatoms. The molecule has 1 aliphatic rings. The van der Waals surface area contributed by atoms with Crippen LogP contribution in [0.5, 0.6) is 0 Å². The summed E-state index contributed by atoms with van der Waals surface area (Å²) in [7, 11) is 0. The number of fused-ring (bicyclic) bond motifs is 1. The van der Waals surface area contributed by atoms with Crippen molar-refractivity contribution < 1.29 is 29.0 Å². The Balaban J connectivity index is 1.15. The van der Waals surface area contributed by atoms with Gasteiger partial charge in [0, 0.05) is 38.4 Å². The van der Waals surface area contributed by atoms with Gasteiger partial charge in [-0.2, -0.15) is 0 Å². The molecule has 5 atom stereocenters. The molecule has 1 saturated heterocycles. The van der Waals surface area contributed by atoms with E-state index >= 15 is 0 Å². The third-order valence-electron chi connectivity index (χ3n) is 10.2. The van der Waals surface area contributed by atoms with Crippen molar-refractivity contribution in [2.45, 2.75) is 110 Å². The SMILES string of the molecule is Cc1ncsc1-c1ccc(CNC(=O)[C@H]2C[C@H](O)CN2C(=O)[C@H](NC(=O)CCc2ccc3cc(CO[C@H](C)[C@@H](N)CCC(N)=O)ccc3c2)C(C)(C)C)cc1. The molecule has 2 heterocycles. The molecule has 12 nitrogen and oxygen atoms in total. The van der Waals surface area contributed by atoms with E-state index in [0.717, 1.165) is 43.6 Å². The maximum Gasteiger partial charge on any atom is 0.246 e. The second kappa shape index (κ2) is 18.3. The van der Waals surface area contributed by atoms with Crippen LogP contribution in [0.25, 0.3) is 21.2 Å². The number of likely N-dealkylation sites (tertiary alicyclic amines) is 1. The maximum absolute atomic E-state index is 14.0. The molecule has 0 spiro atoms. The van der Waals surface area contributed by atoms with Crippen LogP contribution in [0.1, 0.15) is 75.8 Å². The van der Waals surface area contributed by atoms with Crippen LogP contribution < -0.4 is 22.1 Å². The largest absolute Gasteiger partial charge is 0.391 e. The fourth-order valence-electron chi connectivity index (χ4n) is 6.76. The van der Waals surface area contributed by atoms with Crippen LogP contribution in [-0.2, 0) is 43.5 Å². The molecule has 5 rings (SSSR count). The van der Waals surface area contributed by atoms with E-state index in [-0.39, 0.29) is 62.2 Å². The first-order valence-corrected chi connectivity index (χ1v) is 19.7. The van der Waals surface area contributed by atoms with Gasteiger partial charge in [-0.25, -0.2) is 4.98 Å². The van der Waals surface area contributed by atoms with Gasteiger partial charge in [0.25, 0.3) is 0 Å². The Morgan fingerprint density at radius 3 is 2.29 bits per heavy atom. The fraction of sp³-hybridized carbons (Fsp3) is 0.452. The van der Waals surface area contributed by atoms with Crippen LogP contribution in [-0.4, -0.2) is 75.5 Å². The number of amides is 4. The Kier molecular flexibility index (Phi) is 13.8. The standard InChI is InChI=1S/C42H54N6O6S/c1-25-38(55-24-46-25)30-11-7-28(8-12-30)21-45-40(52)35-20-33(49)22-48(35)41(53)39(42(3,4)5)47-37(51)17-10-27-6-13-32-19-29(9-14-31(32)18-27)23-54-26(2)34(43)15-16-36(44)50/h6-9,11-14,18-19,24,26,33-35,39,49H,10,15-17,20-23,43H2,1-5H3,(H2,44,50)(H,45,52)(H,47,51)/t26-,33+,34+,35-,39+/m1/s1. The topological polar surface area (TPSA) is 190 Å². The number of ether oxygens (including phenoxy) is 1. The van der Waals surface area contributed by atoms with Crippen LogP contribution in [0.15, 0.2) is 66.2 Å². The monoisotopic (exact) mass is 770 g/mol. The van der Waals surface area contributed by atoms with Gasteiger partial charge in [-0.3, -0.25) is 19.2 Å². The summed E-state index contributed by atoms with van der Waals surface area (Å²) in [4.78, 5) is 58.7. The zero-order chi connectivity index (χ0) is 39.9. The summed E-state index contributed by atoms with van der Waals surface area (Å²) in [6, 6.07) is 18.0. The minimum absolute atomic E-state index is 0.0106. The van der Waals surface area contributed by atoms with Gasteiger partial charge in [0.05, 0.1) is 34.9 Å². The molecule has 294 valence electrons. The molecule has 0 bridgehead atoms. The van der Waals surface area contributed by atoms with Gasteiger partial charge in [0.15, 0.2) is 0 Å². The van der Waals surface area contributed by atoms with Crippen molar-refractivity contribution in [3.8, 4) is 10.4 Å². The number of aliphatic hydroxyl groups is 1. The molecule has 1 aliphatic heterocycles. The van der Waals surface area contributed by atoms with Gasteiger partial charge in [-0.15, -0.1) is 11.3 Å². The van der Waals surface area contributed by atoms with E-state index in [9.17, 15) is 24.3 Å². The number of carbonyl (C=O) groups is 4. The Morgan fingerprint density at radius 1 is 1.00 bits per heavy atom. The van der Waals surface area contributed by atoms with Crippen LogP contribution in [0.3, 0.4) is 0 Å². The summed E-state index contributed by atoms with van der Waals surface area (Å²) in [5.74, 6) is -1.40. The minimum atomic E-state index is -0.902. The molecular formula is C42H54N6O6S. The third kappa shape index (κ3) is 11.2. The zero-order valence-corrected chi connectivity index (χ0v) is 33.2. The maximum atomic E-state index is 14.0.